The molecular weight excluding hydrogens is 292 g/mol. The number of hydrogen-bond donors (Lipinski definition) is 1. The number of thiazole rings is 1. The van der Waals surface area contributed by atoms with Crippen molar-refractivity contribution in [3.05, 3.63) is 44.9 Å². The van der Waals surface area contributed by atoms with E-state index in [1.54, 1.807) is 11.3 Å². The maximum absolute atomic E-state index is 6.27. The minimum atomic E-state index is 0.403. The molecule has 5 heteroatoms. The van der Waals surface area contributed by atoms with E-state index in [9.17, 15) is 0 Å². The molecule has 0 atom stereocenters. The molecule has 1 aromatic carbocycles. The summed E-state index contributed by atoms with van der Waals surface area (Å²) in [7, 11) is 0. The first-order valence-corrected chi connectivity index (χ1v) is 7.86. The van der Waals surface area contributed by atoms with Crippen molar-refractivity contribution in [3.8, 4) is 5.75 Å². The van der Waals surface area contributed by atoms with Crippen molar-refractivity contribution in [2.75, 3.05) is 0 Å². The van der Waals surface area contributed by atoms with E-state index in [1.165, 1.54) is 0 Å². The van der Waals surface area contributed by atoms with Crippen LogP contribution in [0.1, 0.15) is 30.1 Å². The lowest BCUT2D eigenvalue weighted by atomic mass is 10.2. The van der Waals surface area contributed by atoms with Gasteiger partial charge in [-0.1, -0.05) is 31.5 Å². The van der Waals surface area contributed by atoms with Gasteiger partial charge in [0, 0.05) is 28.6 Å². The van der Waals surface area contributed by atoms with E-state index in [0.717, 1.165) is 27.0 Å². The third-order valence-electron chi connectivity index (χ3n) is 2.81. The van der Waals surface area contributed by atoms with E-state index in [0.29, 0.717) is 19.2 Å². The van der Waals surface area contributed by atoms with Crippen molar-refractivity contribution in [3.63, 3.8) is 0 Å². The average molecular weight is 311 g/mol. The highest BCUT2D eigenvalue weighted by molar-refractivity contribution is 7.09. The van der Waals surface area contributed by atoms with Crippen molar-refractivity contribution in [2.45, 2.75) is 40.0 Å². The summed E-state index contributed by atoms with van der Waals surface area (Å²) < 4.78 is 5.87. The molecule has 0 aliphatic carbocycles. The number of aryl methyl sites for hydroxylation is 1. The van der Waals surface area contributed by atoms with Crippen LogP contribution in [0.2, 0.25) is 5.02 Å². The Bertz CT molecular complexity index is 569. The molecule has 0 fully saturated rings. The van der Waals surface area contributed by atoms with Gasteiger partial charge in [0.2, 0.25) is 0 Å². The molecule has 108 valence electrons. The number of benzene rings is 1. The molecule has 3 nitrogen and oxygen atoms in total. The molecule has 0 unspecified atom stereocenters. The Morgan fingerprint density at radius 1 is 1.40 bits per heavy atom. The molecule has 1 N–H and O–H groups in total. The largest absolute Gasteiger partial charge is 0.487 e. The Kier molecular flexibility index (Phi) is 5.40. The average Bonchev–Trinajstić information content (AvgIpc) is 2.81. The second-order valence-electron chi connectivity index (χ2n) is 4.90. The van der Waals surface area contributed by atoms with Crippen molar-refractivity contribution in [1.29, 1.82) is 0 Å². The van der Waals surface area contributed by atoms with Crippen LogP contribution in [-0.2, 0) is 13.2 Å². The predicted octanol–water partition coefficient (Wildman–Crippen LogP) is 4.18. The molecule has 1 aromatic heterocycles. The van der Waals surface area contributed by atoms with Crippen LogP contribution in [0.15, 0.2) is 23.6 Å². The number of aromatic nitrogens is 1. The van der Waals surface area contributed by atoms with E-state index in [4.69, 9.17) is 16.3 Å². The Hall–Kier alpha value is -1.10. The first-order chi connectivity index (χ1) is 9.56. The lowest BCUT2D eigenvalue weighted by Crippen LogP contribution is -2.22. The minimum Gasteiger partial charge on any atom is -0.487 e. The molecule has 0 aliphatic rings. The first-order valence-electron chi connectivity index (χ1n) is 6.61. The van der Waals surface area contributed by atoms with Crippen LogP contribution < -0.4 is 10.1 Å². The third-order valence-corrected chi connectivity index (χ3v) is 3.98. The number of nitrogens with zero attached hydrogens (tertiary/aromatic N) is 1. The van der Waals surface area contributed by atoms with Crippen LogP contribution in [0.3, 0.4) is 0 Å². The van der Waals surface area contributed by atoms with E-state index in [1.807, 2.05) is 30.5 Å². The van der Waals surface area contributed by atoms with Gasteiger partial charge in [-0.3, -0.25) is 0 Å². The molecule has 0 bridgehead atoms. The molecule has 0 saturated carbocycles. The summed E-state index contributed by atoms with van der Waals surface area (Å²) in [5.74, 6) is 0.816. The number of rotatable bonds is 6. The zero-order valence-corrected chi connectivity index (χ0v) is 13.5. The molecule has 0 saturated heterocycles. The zero-order chi connectivity index (χ0) is 14.5. The molecule has 1 heterocycles. The van der Waals surface area contributed by atoms with Gasteiger partial charge in [-0.05, 0) is 19.1 Å². The summed E-state index contributed by atoms with van der Waals surface area (Å²) in [5, 5.41) is 7.17. The van der Waals surface area contributed by atoms with Gasteiger partial charge in [0.25, 0.3) is 0 Å². The highest BCUT2D eigenvalue weighted by atomic mass is 35.5. The smallest absolute Gasteiger partial charge is 0.131 e. The topological polar surface area (TPSA) is 34.1 Å². The summed E-state index contributed by atoms with van der Waals surface area (Å²) in [4.78, 5) is 4.40. The van der Waals surface area contributed by atoms with Crippen LogP contribution >= 0.6 is 22.9 Å². The van der Waals surface area contributed by atoms with E-state index >= 15 is 0 Å². The fourth-order valence-corrected chi connectivity index (χ4v) is 2.61. The van der Waals surface area contributed by atoms with Gasteiger partial charge in [-0.15, -0.1) is 11.3 Å². The molecule has 2 rings (SSSR count). The summed E-state index contributed by atoms with van der Waals surface area (Å²) in [6, 6.07) is 6.14. The van der Waals surface area contributed by atoms with Gasteiger partial charge >= 0.3 is 0 Å². The Labute approximate surface area is 129 Å². The zero-order valence-electron chi connectivity index (χ0n) is 11.9. The molecule has 2 aromatic rings. The van der Waals surface area contributed by atoms with E-state index in [2.05, 4.69) is 24.1 Å². The standard InChI is InChI=1S/C15H19ClN2OS/c1-10(2)17-7-13-14(16)5-4-6-15(13)19-8-12-9-20-11(3)18-12/h4-6,9-10,17H,7-8H2,1-3H3. The quantitative estimate of drug-likeness (QED) is 0.869. The van der Waals surface area contributed by atoms with Gasteiger partial charge in [-0.2, -0.15) is 0 Å². The van der Waals surface area contributed by atoms with Crippen molar-refractivity contribution in [2.24, 2.45) is 0 Å². The highest BCUT2D eigenvalue weighted by Gasteiger charge is 2.09. The summed E-state index contributed by atoms with van der Waals surface area (Å²) in [6.45, 7) is 7.37. The fraction of sp³-hybridized carbons (Fsp3) is 0.400. The summed E-state index contributed by atoms with van der Waals surface area (Å²) in [6.07, 6.45) is 0. The molecule has 0 spiro atoms. The van der Waals surface area contributed by atoms with Crippen LogP contribution in [0.25, 0.3) is 0 Å². The van der Waals surface area contributed by atoms with Crippen molar-refractivity contribution < 1.29 is 4.74 Å². The monoisotopic (exact) mass is 310 g/mol. The molecule has 20 heavy (non-hydrogen) atoms. The Morgan fingerprint density at radius 2 is 2.20 bits per heavy atom. The third kappa shape index (κ3) is 4.20. The number of halogens is 1. The lowest BCUT2D eigenvalue weighted by Gasteiger charge is -2.14. The van der Waals surface area contributed by atoms with E-state index < -0.39 is 0 Å². The van der Waals surface area contributed by atoms with Gasteiger partial charge in [-0.25, -0.2) is 4.98 Å². The van der Waals surface area contributed by atoms with Crippen molar-refractivity contribution in [1.82, 2.24) is 10.3 Å². The maximum Gasteiger partial charge on any atom is 0.131 e. The summed E-state index contributed by atoms with van der Waals surface area (Å²) >= 11 is 7.90. The SMILES string of the molecule is Cc1nc(COc2cccc(Cl)c2CNC(C)C)cs1. The number of nitrogens with one attached hydrogen (secondary N) is 1. The van der Waals surface area contributed by atoms with Crippen LogP contribution in [0, 0.1) is 6.92 Å². The van der Waals surface area contributed by atoms with Gasteiger partial charge in [0.05, 0.1) is 10.7 Å². The molecule has 0 amide bonds. The molecule has 0 aliphatic heterocycles. The summed E-state index contributed by atoms with van der Waals surface area (Å²) in [5.41, 5.74) is 1.95. The number of ether oxygens (including phenoxy) is 1. The normalized spacial score (nSPS) is 11.1. The predicted molar refractivity (Wildman–Crippen MR) is 84.6 cm³/mol. The van der Waals surface area contributed by atoms with Crippen LogP contribution in [-0.4, -0.2) is 11.0 Å². The van der Waals surface area contributed by atoms with Crippen LogP contribution in [0.5, 0.6) is 5.75 Å². The second kappa shape index (κ2) is 7.07. The van der Waals surface area contributed by atoms with Gasteiger partial charge < -0.3 is 10.1 Å². The Morgan fingerprint density at radius 3 is 2.85 bits per heavy atom. The second-order valence-corrected chi connectivity index (χ2v) is 6.37. The lowest BCUT2D eigenvalue weighted by molar-refractivity contribution is 0.297. The fourth-order valence-electron chi connectivity index (χ4n) is 1.78. The highest BCUT2D eigenvalue weighted by Crippen LogP contribution is 2.27. The van der Waals surface area contributed by atoms with E-state index in [-0.39, 0.29) is 0 Å². The molecule has 0 radical (unpaired) electrons. The first kappa shape index (κ1) is 15.3. The van der Waals surface area contributed by atoms with Crippen molar-refractivity contribution >= 4 is 22.9 Å². The van der Waals surface area contributed by atoms with Gasteiger partial charge in [0.1, 0.15) is 12.4 Å². The Balaban J connectivity index is 2.08. The van der Waals surface area contributed by atoms with Gasteiger partial charge in [0.15, 0.2) is 0 Å². The molecular formula is C15H19ClN2OS. The van der Waals surface area contributed by atoms with Crippen LogP contribution in [0.4, 0.5) is 0 Å². The number of hydrogen-bond acceptors (Lipinski definition) is 4. The maximum atomic E-state index is 6.27. The minimum absolute atomic E-state index is 0.403.